The Balaban J connectivity index is -0.0000000289. The van der Waals surface area contributed by atoms with E-state index >= 15 is 0 Å². The van der Waals surface area contributed by atoms with Gasteiger partial charge in [0.25, 0.3) is 38.8 Å². The fourth-order valence-corrected chi connectivity index (χ4v) is 0. The molecule has 14 heteroatoms. The van der Waals surface area contributed by atoms with E-state index in [1.54, 1.807) is 13.8 Å². The highest BCUT2D eigenvalue weighted by Gasteiger charge is 1.99. The molecule has 0 heterocycles. The van der Waals surface area contributed by atoms with Crippen molar-refractivity contribution in [2.45, 2.75) is 13.8 Å². The van der Waals surface area contributed by atoms with Crippen LogP contribution >= 0.6 is 0 Å². The normalized spacial score (nSPS) is 5.29. The zero-order valence-corrected chi connectivity index (χ0v) is 12.5. The second-order valence-corrected chi connectivity index (χ2v) is 2.13. The Kier molecular flexibility index (Phi) is 167. The maximum atomic E-state index is 9.70. The molecule has 0 unspecified atom stereocenters. The third kappa shape index (κ3) is 65000. The van der Waals surface area contributed by atoms with Crippen molar-refractivity contribution in [3.8, 4) is 0 Å². The standard InChI is InChI=1S/C4H8O2.6CH2O2/c1-3(2)4(5)6;6*2-1-3/h3H,1-2H3,(H,5,6);6*1H,(H,2,3). The number of hydrogen-bond acceptors (Lipinski definition) is 7. The first-order valence-electron chi connectivity index (χ1n) is 4.83. The van der Waals surface area contributed by atoms with Crippen LogP contribution in [0.25, 0.3) is 0 Å². The van der Waals surface area contributed by atoms with Gasteiger partial charge in [-0.1, -0.05) is 13.8 Å². The summed E-state index contributed by atoms with van der Waals surface area (Å²) in [5.41, 5.74) is 0. The Labute approximate surface area is 135 Å². The van der Waals surface area contributed by atoms with Gasteiger partial charge in [0.15, 0.2) is 0 Å². The lowest BCUT2D eigenvalue weighted by molar-refractivity contribution is -0.140. The van der Waals surface area contributed by atoms with Crippen LogP contribution in [-0.2, 0) is 33.6 Å². The maximum Gasteiger partial charge on any atom is 0.305 e. The molecule has 0 aromatic carbocycles. The van der Waals surface area contributed by atoms with Crippen LogP contribution in [0.3, 0.4) is 0 Å². The summed E-state index contributed by atoms with van der Waals surface area (Å²) in [7, 11) is 0. The van der Waals surface area contributed by atoms with Gasteiger partial charge >= 0.3 is 5.97 Å². The van der Waals surface area contributed by atoms with E-state index in [-0.39, 0.29) is 44.8 Å². The summed E-state index contributed by atoms with van der Waals surface area (Å²) < 4.78 is 0. The van der Waals surface area contributed by atoms with Gasteiger partial charge in [-0.05, 0) is 0 Å². The van der Waals surface area contributed by atoms with E-state index in [0.29, 0.717) is 0 Å². The molecule has 0 aliphatic heterocycles. The first-order valence-corrected chi connectivity index (χ1v) is 4.83. The van der Waals surface area contributed by atoms with Crippen molar-refractivity contribution < 1.29 is 69.3 Å². The minimum atomic E-state index is -0.741. The van der Waals surface area contributed by atoms with Crippen molar-refractivity contribution in [2.75, 3.05) is 0 Å². The maximum absolute atomic E-state index is 9.70. The fourth-order valence-electron chi connectivity index (χ4n) is 0. The smallest absolute Gasteiger partial charge is 0.305 e. The van der Waals surface area contributed by atoms with E-state index in [1.165, 1.54) is 0 Å². The van der Waals surface area contributed by atoms with Gasteiger partial charge in [-0.2, -0.15) is 0 Å². The summed E-state index contributed by atoms with van der Waals surface area (Å²) in [5.74, 6) is -0.972. The van der Waals surface area contributed by atoms with Gasteiger partial charge in [-0.25, -0.2) is 0 Å². The Morgan fingerprint density at radius 3 is 0.625 bits per heavy atom. The van der Waals surface area contributed by atoms with Crippen molar-refractivity contribution in [2.24, 2.45) is 5.92 Å². The van der Waals surface area contributed by atoms with Crippen LogP contribution in [-0.4, -0.2) is 80.5 Å². The molecule has 0 aromatic rings. The highest BCUT2D eigenvalue weighted by atomic mass is 16.4. The molecule has 0 spiro atoms. The van der Waals surface area contributed by atoms with E-state index in [4.69, 9.17) is 64.5 Å². The molecule has 0 atom stereocenters. The zero-order valence-electron chi connectivity index (χ0n) is 12.5. The van der Waals surface area contributed by atoms with Crippen LogP contribution in [0.2, 0.25) is 0 Å². The van der Waals surface area contributed by atoms with Crippen molar-refractivity contribution in [3.05, 3.63) is 0 Å². The Hall–Kier alpha value is -3.71. The van der Waals surface area contributed by atoms with Gasteiger partial charge in [0.05, 0.1) is 5.92 Å². The van der Waals surface area contributed by atoms with Crippen molar-refractivity contribution >= 4 is 44.8 Å². The van der Waals surface area contributed by atoms with E-state index in [2.05, 4.69) is 0 Å². The predicted molar refractivity (Wildman–Crippen MR) is 74.6 cm³/mol. The summed E-state index contributed by atoms with van der Waals surface area (Å²) in [5, 5.41) is 49.3. The Bertz CT molecular complexity index is 216. The van der Waals surface area contributed by atoms with E-state index in [9.17, 15) is 4.79 Å². The number of carboxylic acid groups (broad SMARTS) is 7. The lowest BCUT2D eigenvalue weighted by Crippen LogP contribution is -2.03. The Morgan fingerprint density at radius 2 is 0.625 bits per heavy atom. The molecule has 144 valence electrons. The quantitative estimate of drug-likeness (QED) is 0.273. The molecule has 0 amide bonds. The number of carbonyl (C=O) groups is 7. The Morgan fingerprint density at radius 1 is 0.583 bits per heavy atom. The average molecular weight is 364 g/mol. The van der Waals surface area contributed by atoms with Crippen LogP contribution in [0.5, 0.6) is 0 Å². The summed E-state index contributed by atoms with van der Waals surface area (Å²) in [6.07, 6.45) is 0. The first-order chi connectivity index (χ1) is 11.1. The highest BCUT2D eigenvalue weighted by molar-refractivity contribution is 5.68. The monoisotopic (exact) mass is 364 g/mol. The number of rotatable bonds is 1. The zero-order chi connectivity index (χ0) is 21.4. The van der Waals surface area contributed by atoms with Crippen LogP contribution in [0.15, 0.2) is 0 Å². The molecular formula is C10H20O14. The number of aliphatic carboxylic acids is 1. The molecule has 0 aliphatic rings. The predicted octanol–water partition coefficient (Wildman–Crippen LogP) is -1.07. The first kappa shape index (κ1) is 42.7. The molecule has 7 N–H and O–H groups in total. The van der Waals surface area contributed by atoms with Gasteiger partial charge in [-0.3, -0.25) is 33.6 Å². The van der Waals surface area contributed by atoms with Gasteiger partial charge in [0.2, 0.25) is 0 Å². The number of hydrogen-bond donors (Lipinski definition) is 7. The molecule has 0 radical (unpaired) electrons. The third-order valence-electron chi connectivity index (χ3n) is 0.494. The van der Waals surface area contributed by atoms with E-state index < -0.39 is 5.97 Å². The summed E-state index contributed by atoms with van der Waals surface area (Å²) >= 11 is 0. The van der Waals surface area contributed by atoms with Crippen LogP contribution in [0, 0.1) is 5.92 Å². The molecular weight excluding hydrogens is 344 g/mol. The molecule has 0 saturated carbocycles. The van der Waals surface area contributed by atoms with Crippen molar-refractivity contribution in [1.29, 1.82) is 0 Å². The van der Waals surface area contributed by atoms with Gasteiger partial charge in [-0.15, -0.1) is 0 Å². The molecule has 14 nitrogen and oxygen atoms in total. The minimum Gasteiger partial charge on any atom is -0.483 e. The second-order valence-electron chi connectivity index (χ2n) is 2.13. The molecule has 24 heavy (non-hydrogen) atoms. The summed E-state index contributed by atoms with van der Waals surface area (Å²) in [6.45, 7) is 1.78. The van der Waals surface area contributed by atoms with Crippen LogP contribution in [0.4, 0.5) is 0 Å². The van der Waals surface area contributed by atoms with Gasteiger partial charge < -0.3 is 35.7 Å². The van der Waals surface area contributed by atoms with Crippen molar-refractivity contribution in [1.82, 2.24) is 0 Å². The minimum absolute atomic E-state index is 0.231. The van der Waals surface area contributed by atoms with Crippen LogP contribution in [0.1, 0.15) is 13.8 Å². The lowest BCUT2D eigenvalue weighted by Gasteiger charge is -1.89. The molecule has 0 aromatic heterocycles. The third-order valence-corrected chi connectivity index (χ3v) is 0.494. The fraction of sp³-hybridized carbons (Fsp3) is 0.300. The van der Waals surface area contributed by atoms with Gasteiger partial charge in [0, 0.05) is 0 Å². The SMILES string of the molecule is CC(C)C(=O)O.O=CO.O=CO.O=CO.O=CO.O=CO.O=CO. The van der Waals surface area contributed by atoms with Crippen molar-refractivity contribution in [3.63, 3.8) is 0 Å². The van der Waals surface area contributed by atoms with E-state index in [0.717, 1.165) is 0 Å². The second kappa shape index (κ2) is 93.9. The van der Waals surface area contributed by atoms with Gasteiger partial charge in [0.1, 0.15) is 0 Å². The summed E-state index contributed by atoms with van der Waals surface area (Å²) in [4.78, 5) is 59.9. The molecule has 0 bridgehead atoms. The lowest BCUT2D eigenvalue weighted by atomic mass is 10.2. The number of carboxylic acids is 1. The largest absolute Gasteiger partial charge is 0.483 e. The molecule has 0 fully saturated rings. The molecule has 0 aliphatic carbocycles. The topological polar surface area (TPSA) is 261 Å². The molecule has 0 saturated heterocycles. The van der Waals surface area contributed by atoms with E-state index in [1.807, 2.05) is 0 Å². The molecule has 0 rings (SSSR count). The highest BCUT2D eigenvalue weighted by Crippen LogP contribution is 1.87. The summed E-state index contributed by atoms with van der Waals surface area (Å²) in [6, 6.07) is 0. The van der Waals surface area contributed by atoms with Crippen LogP contribution < -0.4 is 0 Å². The average Bonchev–Trinajstić information content (AvgIpc) is 2.43.